The fourth-order valence-corrected chi connectivity index (χ4v) is 4.01. The lowest BCUT2D eigenvalue weighted by Gasteiger charge is -2.26. The van der Waals surface area contributed by atoms with Gasteiger partial charge in [0.05, 0.1) is 4.90 Å². The third-order valence-electron chi connectivity index (χ3n) is 2.82. The van der Waals surface area contributed by atoms with Crippen molar-refractivity contribution in [3.05, 3.63) is 29.6 Å². The second-order valence-electron chi connectivity index (χ2n) is 4.66. The fraction of sp³-hybridized carbons (Fsp3) is 0.538. The van der Waals surface area contributed by atoms with Gasteiger partial charge in [-0.3, -0.25) is 0 Å². The second-order valence-corrected chi connectivity index (χ2v) is 7.31. The van der Waals surface area contributed by atoms with Gasteiger partial charge in [-0.15, -0.1) is 0 Å². The smallest absolute Gasteiger partial charge is 0.207 e. The van der Waals surface area contributed by atoms with Gasteiger partial charge in [-0.25, -0.2) is 12.8 Å². The van der Waals surface area contributed by atoms with Gasteiger partial charge >= 0.3 is 0 Å². The number of aryl methyl sites for hydroxylation is 1. The minimum Gasteiger partial charge on any atom is -0.207 e. The molecule has 19 heavy (non-hydrogen) atoms. The van der Waals surface area contributed by atoms with Gasteiger partial charge in [0.15, 0.2) is 0 Å². The highest BCUT2D eigenvalue weighted by Gasteiger charge is 2.28. The molecule has 0 N–H and O–H groups in total. The number of nitrogens with zero attached hydrogens (tertiary/aromatic N) is 1. The van der Waals surface area contributed by atoms with Crippen LogP contribution in [0.25, 0.3) is 0 Å². The van der Waals surface area contributed by atoms with Crippen LogP contribution in [0.3, 0.4) is 0 Å². The summed E-state index contributed by atoms with van der Waals surface area (Å²) in [6, 6.07) is 3.69. The molecule has 1 aromatic carbocycles. The quantitative estimate of drug-likeness (QED) is 0.737. The van der Waals surface area contributed by atoms with Crippen LogP contribution in [0.1, 0.15) is 25.8 Å². The van der Waals surface area contributed by atoms with Crippen LogP contribution in [0.15, 0.2) is 23.1 Å². The Hall–Kier alpha value is -0.460. The van der Waals surface area contributed by atoms with Crippen molar-refractivity contribution in [2.24, 2.45) is 0 Å². The third kappa shape index (κ3) is 4.00. The van der Waals surface area contributed by atoms with Crippen LogP contribution in [-0.2, 0) is 10.0 Å². The summed E-state index contributed by atoms with van der Waals surface area (Å²) in [7, 11) is -3.65. The van der Waals surface area contributed by atoms with Crippen LogP contribution in [0, 0.1) is 12.7 Å². The van der Waals surface area contributed by atoms with Gasteiger partial charge in [-0.2, -0.15) is 4.31 Å². The summed E-state index contributed by atoms with van der Waals surface area (Å²) in [5.41, 5.74) is 0.561. The molecular formula is C13H19BrFNO2S. The lowest BCUT2D eigenvalue weighted by atomic mass is 10.2. The molecule has 1 aromatic rings. The maximum Gasteiger partial charge on any atom is 0.243 e. The minimum atomic E-state index is -3.65. The molecule has 6 heteroatoms. The van der Waals surface area contributed by atoms with Gasteiger partial charge < -0.3 is 0 Å². The summed E-state index contributed by atoms with van der Waals surface area (Å²) in [6.07, 6.45) is 0.714. The summed E-state index contributed by atoms with van der Waals surface area (Å²) in [5.74, 6) is -0.534. The van der Waals surface area contributed by atoms with E-state index in [4.69, 9.17) is 0 Å². The molecule has 0 bridgehead atoms. The van der Waals surface area contributed by atoms with Gasteiger partial charge in [0.25, 0.3) is 0 Å². The number of benzene rings is 1. The second kappa shape index (κ2) is 6.81. The highest BCUT2D eigenvalue weighted by Crippen LogP contribution is 2.23. The van der Waals surface area contributed by atoms with Crippen molar-refractivity contribution in [3.63, 3.8) is 0 Å². The first-order valence-corrected chi connectivity index (χ1v) is 8.70. The van der Waals surface area contributed by atoms with Gasteiger partial charge in [-0.05, 0) is 44.9 Å². The van der Waals surface area contributed by atoms with E-state index in [0.29, 0.717) is 18.5 Å². The number of alkyl halides is 1. The lowest BCUT2D eigenvalue weighted by Crippen LogP contribution is -2.38. The van der Waals surface area contributed by atoms with Crippen LogP contribution in [0.4, 0.5) is 4.39 Å². The van der Waals surface area contributed by atoms with Crippen LogP contribution >= 0.6 is 15.9 Å². The molecule has 0 aliphatic carbocycles. The van der Waals surface area contributed by atoms with E-state index in [1.165, 1.54) is 16.4 Å². The largest absolute Gasteiger partial charge is 0.243 e. The topological polar surface area (TPSA) is 37.4 Å². The van der Waals surface area contributed by atoms with Gasteiger partial charge in [-0.1, -0.05) is 22.0 Å². The maximum absolute atomic E-state index is 13.3. The number of halogens is 2. The molecule has 0 aromatic heterocycles. The predicted molar refractivity (Wildman–Crippen MR) is 78.6 cm³/mol. The molecule has 0 saturated heterocycles. The fourth-order valence-electron chi connectivity index (χ4n) is 1.85. The number of hydrogen-bond donors (Lipinski definition) is 0. The molecule has 0 radical (unpaired) electrons. The lowest BCUT2D eigenvalue weighted by molar-refractivity contribution is 0.355. The molecule has 0 aliphatic rings. The Bertz CT molecular complexity index is 531. The Kier molecular flexibility index (Phi) is 5.95. The van der Waals surface area contributed by atoms with Gasteiger partial charge in [0, 0.05) is 17.9 Å². The number of rotatable bonds is 6. The molecule has 1 rings (SSSR count). The molecular weight excluding hydrogens is 333 g/mol. The van der Waals surface area contributed by atoms with E-state index in [1.54, 1.807) is 6.92 Å². The average Bonchev–Trinajstić information content (AvgIpc) is 2.32. The molecule has 0 unspecified atom stereocenters. The molecule has 0 aliphatic heterocycles. The first-order chi connectivity index (χ1) is 8.80. The van der Waals surface area contributed by atoms with Crippen molar-refractivity contribution >= 4 is 26.0 Å². The summed E-state index contributed by atoms with van der Waals surface area (Å²) in [4.78, 5) is 0.0516. The summed E-state index contributed by atoms with van der Waals surface area (Å²) in [6.45, 7) is 5.73. The Morgan fingerprint density at radius 1 is 1.37 bits per heavy atom. The highest BCUT2D eigenvalue weighted by molar-refractivity contribution is 9.09. The molecule has 0 saturated carbocycles. The number of sulfonamides is 1. The van der Waals surface area contributed by atoms with Crippen molar-refractivity contribution in [3.8, 4) is 0 Å². The normalized spacial score (nSPS) is 12.4. The van der Waals surface area contributed by atoms with E-state index in [9.17, 15) is 12.8 Å². The van der Waals surface area contributed by atoms with Crippen molar-refractivity contribution in [2.75, 3.05) is 11.9 Å². The predicted octanol–water partition coefficient (Wildman–Crippen LogP) is 3.32. The SMILES string of the molecule is Cc1ccc(F)cc1S(=O)(=O)N(CCCBr)C(C)C. The van der Waals surface area contributed by atoms with E-state index in [2.05, 4.69) is 15.9 Å². The van der Waals surface area contributed by atoms with Crippen molar-refractivity contribution in [2.45, 2.75) is 38.1 Å². The molecule has 0 spiro atoms. The zero-order valence-electron chi connectivity index (χ0n) is 11.4. The van der Waals surface area contributed by atoms with E-state index < -0.39 is 15.8 Å². The zero-order valence-corrected chi connectivity index (χ0v) is 13.8. The Balaban J connectivity index is 3.22. The average molecular weight is 352 g/mol. The van der Waals surface area contributed by atoms with Crippen LogP contribution in [-0.4, -0.2) is 30.6 Å². The van der Waals surface area contributed by atoms with E-state index in [0.717, 1.165) is 11.4 Å². The summed E-state index contributed by atoms with van der Waals surface area (Å²) in [5, 5.41) is 0.730. The molecule has 0 atom stereocenters. The monoisotopic (exact) mass is 351 g/mol. The summed E-state index contributed by atoms with van der Waals surface area (Å²) < 4.78 is 39.9. The van der Waals surface area contributed by atoms with Crippen LogP contribution in [0.5, 0.6) is 0 Å². The van der Waals surface area contributed by atoms with Crippen LogP contribution < -0.4 is 0 Å². The van der Waals surface area contributed by atoms with Crippen LogP contribution in [0.2, 0.25) is 0 Å². The van der Waals surface area contributed by atoms with Gasteiger partial charge in [0.2, 0.25) is 10.0 Å². The third-order valence-corrected chi connectivity index (χ3v) is 5.60. The minimum absolute atomic E-state index is 0.0516. The highest BCUT2D eigenvalue weighted by atomic mass is 79.9. The Morgan fingerprint density at radius 3 is 2.53 bits per heavy atom. The summed E-state index contributed by atoms with van der Waals surface area (Å²) >= 11 is 3.29. The first-order valence-electron chi connectivity index (χ1n) is 6.14. The van der Waals surface area contributed by atoms with E-state index in [1.807, 2.05) is 13.8 Å². The Morgan fingerprint density at radius 2 is 2.00 bits per heavy atom. The Labute approximate surface area is 123 Å². The van der Waals surface area contributed by atoms with Crippen molar-refractivity contribution in [1.82, 2.24) is 4.31 Å². The van der Waals surface area contributed by atoms with Crippen molar-refractivity contribution < 1.29 is 12.8 Å². The van der Waals surface area contributed by atoms with E-state index in [-0.39, 0.29) is 10.9 Å². The van der Waals surface area contributed by atoms with Crippen molar-refractivity contribution in [1.29, 1.82) is 0 Å². The molecule has 3 nitrogen and oxygen atoms in total. The van der Waals surface area contributed by atoms with E-state index >= 15 is 0 Å². The molecule has 0 fully saturated rings. The molecule has 108 valence electrons. The molecule has 0 amide bonds. The standard InChI is InChI=1S/C13H19BrFNO2S/c1-10(2)16(8-4-7-14)19(17,18)13-9-12(15)6-5-11(13)3/h5-6,9-10H,4,7-8H2,1-3H3. The first kappa shape index (κ1) is 16.6. The molecule has 0 heterocycles. The maximum atomic E-state index is 13.3. The zero-order chi connectivity index (χ0) is 14.6. The number of hydrogen-bond acceptors (Lipinski definition) is 2. The van der Waals surface area contributed by atoms with Gasteiger partial charge in [0.1, 0.15) is 5.82 Å².